The molecule has 2 rings (SSSR count). The van der Waals surface area contributed by atoms with Crippen molar-refractivity contribution < 1.29 is 9.13 Å². The van der Waals surface area contributed by atoms with Crippen LogP contribution in [-0.4, -0.2) is 25.3 Å². The number of rotatable bonds is 6. The van der Waals surface area contributed by atoms with E-state index in [1.54, 1.807) is 6.07 Å². The van der Waals surface area contributed by atoms with E-state index in [-0.39, 0.29) is 22.5 Å². The maximum Gasteiger partial charge on any atom is 0.142 e. The quantitative estimate of drug-likeness (QED) is 0.858. The maximum absolute atomic E-state index is 13.6. The fraction of sp³-hybridized carbons (Fsp3) is 0.625. The van der Waals surface area contributed by atoms with Crippen LogP contribution in [0.15, 0.2) is 18.2 Å². The first kappa shape index (κ1) is 15.7. The van der Waals surface area contributed by atoms with E-state index >= 15 is 0 Å². The van der Waals surface area contributed by atoms with Crippen molar-refractivity contribution >= 4 is 11.6 Å². The Kier molecular flexibility index (Phi) is 5.42. The van der Waals surface area contributed by atoms with Gasteiger partial charge in [-0.3, -0.25) is 0 Å². The molecule has 0 aromatic heterocycles. The van der Waals surface area contributed by atoms with Gasteiger partial charge in [-0.05, 0) is 50.9 Å². The molecule has 1 atom stereocenters. The number of ether oxygens (including phenoxy) is 1. The van der Waals surface area contributed by atoms with Crippen LogP contribution in [0.3, 0.4) is 0 Å². The van der Waals surface area contributed by atoms with Crippen molar-refractivity contribution in [1.82, 2.24) is 5.32 Å². The number of benzene rings is 1. The van der Waals surface area contributed by atoms with Crippen LogP contribution in [-0.2, 0) is 11.2 Å². The molecule has 1 N–H and O–H groups in total. The summed E-state index contributed by atoms with van der Waals surface area (Å²) in [6, 6.07) is 5.25. The van der Waals surface area contributed by atoms with Crippen LogP contribution in [0.4, 0.5) is 4.39 Å². The molecule has 1 fully saturated rings. The van der Waals surface area contributed by atoms with Crippen molar-refractivity contribution in [3.63, 3.8) is 0 Å². The molecule has 20 heavy (non-hydrogen) atoms. The number of halogens is 2. The van der Waals surface area contributed by atoms with Gasteiger partial charge in [-0.25, -0.2) is 4.39 Å². The predicted molar refractivity (Wildman–Crippen MR) is 80.8 cm³/mol. The standard InChI is InChI=1S/C16H23ClFNO/c1-3-20-16(8-4-5-9-16)15(19-2)11-12-6-7-13(17)14(18)10-12/h6-7,10,15,19H,3-5,8-9,11H2,1-2H3. The summed E-state index contributed by atoms with van der Waals surface area (Å²) in [5.74, 6) is -0.351. The van der Waals surface area contributed by atoms with Gasteiger partial charge in [0.2, 0.25) is 0 Å². The van der Waals surface area contributed by atoms with Gasteiger partial charge in [0.15, 0.2) is 0 Å². The molecule has 0 aliphatic heterocycles. The average Bonchev–Trinajstić information content (AvgIpc) is 2.90. The number of nitrogens with one attached hydrogen (secondary N) is 1. The minimum atomic E-state index is -0.351. The lowest BCUT2D eigenvalue weighted by Gasteiger charge is -2.37. The highest BCUT2D eigenvalue weighted by atomic mass is 35.5. The third-order valence-corrected chi connectivity index (χ3v) is 4.60. The molecular weight excluding hydrogens is 277 g/mol. The normalized spacial score (nSPS) is 19.2. The summed E-state index contributed by atoms with van der Waals surface area (Å²) in [6.07, 6.45) is 5.30. The lowest BCUT2D eigenvalue weighted by molar-refractivity contribution is -0.0597. The SMILES string of the molecule is CCOC1(C(Cc2ccc(Cl)c(F)c2)NC)CCCC1. The molecule has 0 radical (unpaired) electrons. The predicted octanol–water partition coefficient (Wildman–Crippen LogP) is 3.96. The molecule has 0 bridgehead atoms. The van der Waals surface area contributed by atoms with E-state index in [1.165, 1.54) is 18.9 Å². The molecule has 1 aliphatic carbocycles. The maximum atomic E-state index is 13.6. The monoisotopic (exact) mass is 299 g/mol. The van der Waals surface area contributed by atoms with Gasteiger partial charge < -0.3 is 10.1 Å². The Morgan fingerprint density at radius 3 is 2.65 bits per heavy atom. The van der Waals surface area contributed by atoms with Crippen molar-refractivity contribution in [2.24, 2.45) is 0 Å². The van der Waals surface area contributed by atoms with Crippen LogP contribution in [0.1, 0.15) is 38.2 Å². The smallest absolute Gasteiger partial charge is 0.142 e. The lowest BCUT2D eigenvalue weighted by atomic mass is 9.87. The van der Waals surface area contributed by atoms with E-state index in [2.05, 4.69) is 5.32 Å². The van der Waals surface area contributed by atoms with Gasteiger partial charge in [-0.15, -0.1) is 0 Å². The van der Waals surface area contributed by atoms with E-state index in [0.29, 0.717) is 6.61 Å². The molecule has 0 saturated heterocycles. The van der Waals surface area contributed by atoms with E-state index in [9.17, 15) is 4.39 Å². The minimum Gasteiger partial charge on any atom is -0.374 e. The zero-order valence-corrected chi connectivity index (χ0v) is 13.0. The molecule has 1 saturated carbocycles. The van der Waals surface area contributed by atoms with Crippen molar-refractivity contribution in [2.75, 3.05) is 13.7 Å². The van der Waals surface area contributed by atoms with Gasteiger partial charge in [0.1, 0.15) is 5.82 Å². The van der Waals surface area contributed by atoms with Gasteiger partial charge >= 0.3 is 0 Å². The highest BCUT2D eigenvalue weighted by molar-refractivity contribution is 6.30. The van der Waals surface area contributed by atoms with Crippen LogP contribution in [0.5, 0.6) is 0 Å². The Morgan fingerprint density at radius 1 is 1.40 bits per heavy atom. The Hall–Kier alpha value is -0.640. The first-order valence-corrected chi connectivity index (χ1v) is 7.74. The van der Waals surface area contributed by atoms with Crippen LogP contribution >= 0.6 is 11.6 Å². The molecule has 4 heteroatoms. The van der Waals surface area contributed by atoms with E-state index < -0.39 is 0 Å². The zero-order chi connectivity index (χ0) is 14.6. The third-order valence-electron chi connectivity index (χ3n) is 4.29. The summed E-state index contributed by atoms with van der Waals surface area (Å²) in [5, 5.41) is 3.55. The number of likely N-dealkylation sites (N-methyl/N-ethyl adjacent to an activating group) is 1. The summed E-state index contributed by atoms with van der Waals surface area (Å²) in [5.41, 5.74) is 0.844. The van der Waals surface area contributed by atoms with E-state index in [1.807, 2.05) is 20.0 Å². The average molecular weight is 300 g/mol. The largest absolute Gasteiger partial charge is 0.374 e. The summed E-state index contributed by atoms with van der Waals surface area (Å²) in [7, 11) is 1.95. The van der Waals surface area contributed by atoms with Crippen molar-refractivity contribution in [3.05, 3.63) is 34.6 Å². The summed E-state index contributed by atoms with van der Waals surface area (Å²) in [6.45, 7) is 2.75. The molecule has 1 aromatic rings. The molecule has 1 unspecified atom stereocenters. The molecule has 0 amide bonds. The van der Waals surface area contributed by atoms with Crippen LogP contribution in [0.2, 0.25) is 5.02 Å². The second-order valence-corrected chi connectivity index (χ2v) is 5.91. The van der Waals surface area contributed by atoms with Crippen molar-refractivity contribution in [3.8, 4) is 0 Å². The van der Waals surface area contributed by atoms with Crippen molar-refractivity contribution in [2.45, 2.75) is 50.7 Å². The van der Waals surface area contributed by atoms with Gasteiger partial charge in [-0.2, -0.15) is 0 Å². The molecule has 112 valence electrons. The summed E-state index contributed by atoms with van der Waals surface area (Å²) in [4.78, 5) is 0. The number of hydrogen-bond acceptors (Lipinski definition) is 2. The molecular formula is C16H23ClFNO. The Bertz CT molecular complexity index is 446. The fourth-order valence-corrected chi connectivity index (χ4v) is 3.43. The van der Waals surface area contributed by atoms with E-state index in [4.69, 9.17) is 16.3 Å². The molecule has 1 aliphatic rings. The second kappa shape index (κ2) is 6.88. The Morgan fingerprint density at radius 2 is 2.10 bits per heavy atom. The van der Waals surface area contributed by atoms with Gasteiger partial charge in [-0.1, -0.05) is 30.5 Å². The van der Waals surface area contributed by atoms with Gasteiger partial charge in [0.25, 0.3) is 0 Å². The first-order chi connectivity index (χ1) is 9.61. The molecule has 0 heterocycles. The lowest BCUT2D eigenvalue weighted by Crippen LogP contribution is -2.51. The van der Waals surface area contributed by atoms with Crippen LogP contribution in [0, 0.1) is 5.82 Å². The zero-order valence-electron chi connectivity index (χ0n) is 12.2. The van der Waals surface area contributed by atoms with Gasteiger partial charge in [0.05, 0.1) is 10.6 Å². The first-order valence-electron chi connectivity index (χ1n) is 7.36. The van der Waals surface area contributed by atoms with Crippen molar-refractivity contribution in [1.29, 1.82) is 0 Å². The molecule has 2 nitrogen and oxygen atoms in total. The van der Waals surface area contributed by atoms with E-state index in [0.717, 1.165) is 24.8 Å². The summed E-state index contributed by atoms with van der Waals surface area (Å²) >= 11 is 5.74. The van der Waals surface area contributed by atoms with Gasteiger partial charge in [0, 0.05) is 12.6 Å². The Labute approximate surface area is 125 Å². The topological polar surface area (TPSA) is 21.3 Å². The third kappa shape index (κ3) is 3.33. The number of hydrogen-bond donors (Lipinski definition) is 1. The van der Waals surface area contributed by atoms with Crippen LogP contribution < -0.4 is 5.32 Å². The van der Waals surface area contributed by atoms with Crippen LogP contribution in [0.25, 0.3) is 0 Å². The Balaban J connectivity index is 2.16. The molecule has 1 aromatic carbocycles. The second-order valence-electron chi connectivity index (χ2n) is 5.50. The summed E-state index contributed by atoms with van der Waals surface area (Å²) < 4.78 is 19.7. The fourth-order valence-electron chi connectivity index (χ4n) is 3.31. The highest BCUT2D eigenvalue weighted by Crippen LogP contribution is 2.37. The molecule has 0 spiro atoms. The minimum absolute atomic E-state index is 0.111. The highest BCUT2D eigenvalue weighted by Gasteiger charge is 2.41.